The van der Waals surface area contributed by atoms with Crippen molar-refractivity contribution in [2.75, 3.05) is 6.61 Å². The molecule has 0 fully saturated rings. The van der Waals surface area contributed by atoms with Crippen LogP contribution in [0.15, 0.2) is 24.3 Å². The van der Waals surface area contributed by atoms with E-state index in [-0.39, 0.29) is 12.3 Å². The zero-order chi connectivity index (χ0) is 11.3. The number of aliphatic hydroxyl groups is 1. The van der Waals surface area contributed by atoms with Crippen LogP contribution in [0.4, 0.5) is 5.69 Å². The Hall–Kier alpha value is -1.93. The Morgan fingerprint density at radius 3 is 2.87 bits per heavy atom. The average molecular weight is 206 g/mol. The lowest BCUT2D eigenvalue weighted by atomic mass is 10.0. The van der Waals surface area contributed by atoms with Gasteiger partial charge in [0, 0.05) is 12.1 Å². The lowest BCUT2D eigenvalue weighted by molar-refractivity contribution is -0.384. The van der Waals surface area contributed by atoms with Crippen LogP contribution < -0.4 is 0 Å². The van der Waals surface area contributed by atoms with Crippen LogP contribution in [-0.2, 0) is 6.42 Å². The van der Waals surface area contributed by atoms with Crippen LogP contribution in [0.25, 0.3) is 0 Å². The first-order valence-electron chi connectivity index (χ1n) is 4.41. The van der Waals surface area contributed by atoms with E-state index < -0.39 is 10.8 Å². The summed E-state index contributed by atoms with van der Waals surface area (Å²) in [5.41, 5.74) is 0.687. The number of hydrogen-bond acceptors (Lipinski definition) is 4. The third-order valence-corrected chi connectivity index (χ3v) is 2.01. The van der Waals surface area contributed by atoms with Crippen molar-refractivity contribution in [2.45, 2.75) is 6.42 Å². The van der Waals surface area contributed by atoms with Gasteiger partial charge in [-0.15, -0.1) is 0 Å². The SMILES string of the molecule is N#CC(CO)Cc1cccc([N+](=O)[O-])c1. The fraction of sp³-hybridized carbons (Fsp3) is 0.300. The van der Waals surface area contributed by atoms with Crippen LogP contribution in [0.2, 0.25) is 0 Å². The molecule has 0 radical (unpaired) electrons. The number of nitriles is 1. The minimum atomic E-state index is -0.507. The average Bonchev–Trinajstić information content (AvgIpc) is 2.26. The largest absolute Gasteiger partial charge is 0.395 e. The second-order valence-electron chi connectivity index (χ2n) is 3.14. The highest BCUT2D eigenvalue weighted by Gasteiger charge is 2.10. The molecular weight excluding hydrogens is 196 g/mol. The fourth-order valence-electron chi connectivity index (χ4n) is 1.23. The van der Waals surface area contributed by atoms with Crippen molar-refractivity contribution >= 4 is 5.69 Å². The molecule has 0 aromatic heterocycles. The van der Waals surface area contributed by atoms with E-state index in [1.54, 1.807) is 12.1 Å². The zero-order valence-corrected chi connectivity index (χ0v) is 7.96. The van der Waals surface area contributed by atoms with Gasteiger partial charge in [0.1, 0.15) is 0 Å². The first kappa shape index (κ1) is 11.1. The molecule has 0 aliphatic heterocycles. The summed E-state index contributed by atoms with van der Waals surface area (Å²) in [6, 6.07) is 8.01. The van der Waals surface area contributed by atoms with Gasteiger partial charge in [-0.2, -0.15) is 5.26 Å². The summed E-state index contributed by atoms with van der Waals surface area (Å²) in [6.07, 6.45) is 0.328. The molecule has 0 aliphatic rings. The number of nitro groups is 1. The third-order valence-electron chi connectivity index (χ3n) is 2.01. The molecule has 1 atom stereocenters. The fourth-order valence-corrected chi connectivity index (χ4v) is 1.23. The van der Waals surface area contributed by atoms with E-state index in [0.29, 0.717) is 12.0 Å². The van der Waals surface area contributed by atoms with Crippen LogP contribution in [0.5, 0.6) is 0 Å². The quantitative estimate of drug-likeness (QED) is 0.593. The molecule has 0 aliphatic carbocycles. The summed E-state index contributed by atoms with van der Waals surface area (Å²) in [5.74, 6) is -0.507. The number of nitrogens with zero attached hydrogens (tertiary/aromatic N) is 2. The molecule has 0 spiro atoms. The van der Waals surface area contributed by atoms with Gasteiger partial charge in [0.15, 0.2) is 0 Å². The molecule has 15 heavy (non-hydrogen) atoms. The van der Waals surface area contributed by atoms with E-state index >= 15 is 0 Å². The summed E-state index contributed by atoms with van der Waals surface area (Å²) < 4.78 is 0. The Bertz CT molecular complexity index is 398. The minimum Gasteiger partial charge on any atom is -0.395 e. The van der Waals surface area contributed by atoms with Gasteiger partial charge in [0.25, 0.3) is 5.69 Å². The summed E-state index contributed by atoms with van der Waals surface area (Å²) in [6.45, 7) is -0.237. The first-order chi connectivity index (χ1) is 7.17. The van der Waals surface area contributed by atoms with E-state index in [9.17, 15) is 10.1 Å². The molecule has 5 heteroatoms. The van der Waals surface area contributed by atoms with Crippen molar-refractivity contribution in [3.63, 3.8) is 0 Å². The zero-order valence-electron chi connectivity index (χ0n) is 7.96. The van der Waals surface area contributed by atoms with Gasteiger partial charge in [-0.05, 0) is 12.0 Å². The Morgan fingerprint density at radius 2 is 2.33 bits per heavy atom. The number of aliphatic hydroxyl groups excluding tert-OH is 1. The lowest BCUT2D eigenvalue weighted by Gasteiger charge is -2.04. The van der Waals surface area contributed by atoms with Gasteiger partial charge in [0.05, 0.1) is 23.5 Å². The molecule has 1 aromatic carbocycles. The first-order valence-corrected chi connectivity index (χ1v) is 4.41. The molecule has 0 amide bonds. The molecule has 0 saturated carbocycles. The molecule has 0 heterocycles. The standard InChI is InChI=1S/C10H10N2O3/c11-6-9(7-13)4-8-2-1-3-10(5-8)12(14)15/h1-3,5,9,13H,4,7H2. The highest BCUT2D eigenvalue weighted by atomic mass is 16.6. The van der Waals surface area contributed by atoms with E-state index in [0.717, 1.165) is 0 Å². The molecule has 1 unspecified atom stereocenters. The second kappa shape index (κ2) is 5.08. The van der Waals surface area contributed by atoms with Crippen LogP contribution in [0.3, 0.4) is 0 Å². The molecule has 1 aromatic rings. The Morgan fingerprint density at radius 1 is 1.60 bits per heavy atom. The number of hydrogen-bond donors (Lipinski definition) is 1. The Labute approximate surface area is 86.7 Å². The topological polar surface area (TPSA) is 87.2 Å². The van der Waals surface area contributed by atoms with Crippen molar-refractivity contribution in [2.24, 2.45) is 5.92 Å². The molecule has 1 N–H and O–H groups in total. The van der Waals surface area contributed by atoms with Crippen molar-refractivity contribution in [3.8, 4) is 6.07 Å². The van der Waals surface area contributed by atoms with Crippen molar-refractivity contribution in [3.05, 3.63) is 39.9 Å². The van der Waals surface area contributed by atoms with Gasteiger partial charge in [-0.3, -0.25) is 10.1 Å². The van der Waals surface area contributed by atoms with Crippen molar-refractivity contribution in [1.29, 1.82) is 5.26 Å². The maximum Gasteiger partial charge on any atom is 0.269 e. The van der Waals surface area contributed by atoms with Crippen molar-refractivity contribution < 1.29 is 10.0 Å². The summed E-state index contributed by atoms with van der Waals surface area (Å²) >= 11 is 0. The van der Waals surface area contributed by atoms with Crippen molar-refractivity contribution in [1.82, 2.24) is 0 Å². The normalized spacial score (nSPS) is 11.7. The van der Waals surface area contributed by atoms with Crippen LogP contribution in [-0.4, -0.2) is 16.6 Å². The van der Waals surface area contributed by atoms with Crippen LogP contribution in [0.1, 0.15) is 5.56 Å². The molecule has 78 valence electrons. The van der Waals surface area contributed by atoms with Gasteiger partial charge < -0.3 is 5.11 Å². The van der Waals surface area contributed by atoms with Gasteiger partial charge in [0.2, 0.25) is 0 Å². The molecule has 0 saturated heterocycles. The summed E-state index contributed by atoms with van der Waals surface area (Å²) in [5, 5.41) is 27.9. The Kier molecular flexibility index (Phi) is 3.77. The highest BCUT2D eigenvalue weighted by molar-refractivity contribution is 5.34. The third kappa shape index (κ3) is 3.04. The van der Waals surface area contributed by atoms with Gasteiger partial charge in [-0.1, -0.05) is 12.1 Å². The smallest absolute Gasteiger partial charge is 0.269 e. The highest BCUT2D eigenvalue weighted by Crippen LogP contribution is 2.15. The maximum atomic E-state index is 10.5. The second-order valence-corrected chi connectivity index (χ2v) is 3.14. The van der Waals surface area contributed by atoms with E-state index in [1.807, 2.05) is 6.07 Å². The summed E-state index contributed by atoms with van der Waals surface area (Å²) in [7, 11) is 0. The van der Waals surface area contributed by atoms with Gasteiger partial charge >= 0.3 is 0 Å². The Balaban J connectivity index is 2.83. The summed E-state index contributed by atoms with van der Waals surface area (Å²) in [4.78, 5) is 9.99. The maximum absolute atomic E-state index is 10.5. The molecule has 1 rings (SSSR count). The molecule has 5 nitrogen and oxygen atoms in total. The predicted molar refractivity (Wildman–Crippen MR) is 53.0 cm³/mol. The van der Waals surface area contributed by atoms with Crippen LogP contribution in [0, 0.1) is 27.4 Å². The number of non-ortho nitro benzene ring substituents is 1. The number of nitro benzene ring substituents is 1. The monoisotopic (exact) mass is 206 g/mol. The number of benzene rings is 1. The predicted octanol–water partition coefficient (Wildman–Crippen LogP) is 1.27. The van der Waals surface area contributed by atoms with E-state index in [4.69, 9.17) is 10.4 Å². The molecular formula is C10H10N2O3. The lowest BCUT2D eigenvalue weighted by Crippen LogP contribution is -2.06. The van der Waals surface area contributed by atoms with E-state index in [2.05, 4.69) is 0 Å². The van der Waals surface area contributed by atoms with E-state index in [1.165, 1.54) is 12.1 Å². The molecule has 0 bridgehead atoms. The number of rotatable bonds is 4. The van der Waals surface area contributed by atoms with Crippen LogP contribution >= 0.6 is 0 Å². The minimum absolute atomic E-state index is 0.00197. The van der Waals surface area contributed by atoms with Gasteiger partial charge in [-0.25, -0.2) is 0 Å².